The van der Waals surface area contributed by atoms with E-state index in [0.29, 0.717) is 5.56 Å². The minimum Gasteiger partial charge on any atom is -0.465 e. The fraction of sp³-hybridized carbons (Fsp3) is 0.0500. The van der Waals surface area contributed by atoms with E-state index in [1.54, 1.807) is 0 Å². The molecule has 0 saturated heterocycles. The van der Waals surface area contributed by atoms with Gasteiger partial charge in [-0.2, -0.15) is 0 Å². The first-order valence-electron chi connectivity index (χ1n) is 7.50. The normalized spacial score (nSPS) is 11.8. The monoisotopic (exact) mass is 445 g/mol. The molecule has 0 N–H and O–H groups in total. The molecule has 0 aliphatic carbocycles. The lowest BCUT2D eigenvalue weighted by Crippen LogP contribution is -2.00. The maximum atomic E-state index is 11.9. The second kappa shape index (κ2) is 6.18. The smallest absolute Gasteiger partial charge is 0.337 e. The molecule has 0 fully saturated rings. The molecule has 118 valence electrons. The van der Waals surface area contributed by atoms with Gasteiger partial charge >= 0.3 is 5.97 Å². The van der Waals surface area contributed by atoms with Gasteiger partial charge in [-0.25, -0.2) is 4.79 Å². The summed E-state index contributed by atoms with van der Waals surface area (Å²) in [4.78, 5) is 13.2. The average molecular weight is 445 g/mol. The summed E-state index contributed by atoms with van der Waals surface area (Å²) in [6, 6.07) is 23.0. The van der Waals surface area contributed by atoms with Crippen LogP contribution in [0.4, 0.5) is 0 Å². The van der Waals surface area contributed by atoms with E-state index < -0.39 is 0 Å². The van der Waals surface area contributed by atoms with Crippen molar-refractivity contribution in [3.63, 3.8) is 0 Å². The number of carbonyl (C=O) groups is 1. The quantitative estimate of drug-likeness (QED) is 0.211. The third-order valence-corrected chi connectivity index (χ3v) is 7.12. The standard InChI is InChI=1S/C20H14IO2S/c1-23-20(22)13-6-11-19-17(12-13)16-4-2-3-5-18(16)24(19)15-9-7-14(21)8-10-15/h2-12H,1H3/q+1. The van der Waals surface area contributed by atoms with Crippen molar-refractivity contribution >= 4 is 59.2 Å². The van der Waals surface area contributed by atoms with Gasteiger partial charge in [0, 0.05) is 24.8 Å². The van der Waals surface area contributed by atoms with E-state index in [4.69, 9.17) is 4.74 Å². The summed E-state index contributed by atoms with van der Waals surface area (Å²) in [6.07, 6.45) is 0. The third-order valence-electron chi connectivity index (χ3n) is 4.07. The number of rotatable bonds is 2. The van der Waals surface area contributed by atoms with E-state index in [1.807, 2.05) is 18.2 Å². The first-order chi connectivity index (χ1) is 11.7. The molecule has 1 unspecified atom stereocenters. The van der Waals surface area contributed by atoms with Crippen LogP contribution in [0, 0.1) is 3.57 Å². The molecule has 0 bridgehead atoms. The predicted octanol–water partition coefficient (Wildman–Crippen LogP) is 6.12. The molecule has 0 spiro atoms. The Morgan fingerprint density at radius 1 is 0.917 bits per heavy atom. The maximum Gasteiger partial charge on any atom is 0.337 e. The first kappa shape index (κ1) is 15.6. The van der Waals surface area contributed by atoms with Crippen molar-refractivity contribution in [3.8, 4) is 4.90 Å². The highest BCUT2D eigenvalue weighted by molar-refractivity contribution is 14.1. The van der Waals surface area contributed by atoms with Gasteiger partial charge in [-0.1, -0.05) is 12.1 Å². The van der Waals surface area contributed by atoms with Crippen LogP contribution >= 0.6 is 33.1 Å². The van der Waals surface area contributed by atoms with Crippen LogP contribution in [-0.2, 0) is 4.74 Å². The number of halogens is 1. The summed E-state index contributed by atoms with van der Waals surface area (Å²) in [7, 11) is 1.29. The van der Waals surface area contributed by atoms with E-state index in [2.05, 4.69) is 71.1 Å². The Bertz CT molecular complexity index is 1060. The van der Waals surface area contributed by atoms with Crippen LogP contribution in [0.5, 0.6) is 0 Å². The van der Waals surface area contributed by atoms with Crippen LogP contribution in [0.25, 0.3) is 25.1 Å². The molecule has 0 aliphatic heterocycles. The number of methoxy groups -OCH3 is 1. The van der Waals surface area contributed by atoms with E-state index in [1.165, 1.54) is 30.4 Å². The van der Waals surface area contributed by atoms with E-state index >= 15 is 0 Å². The summed E-state index contributed by atoms with van der Waals surface area (Å²) < 4.78 is 8.69. The van der Waals surface area contributed by atoms with Crippen LogP contribution in [-0.4, -0.2) is 13.1 Å². The molecule has 0 radical (unpaired) electrons. The predicted molar refractivity (Wildman–Crippen MR) is 109 cm³/mol. The molecule has 24 heavy (non-hydrogen) atoms. The molecule has 4 rings (SSSR count). The summed E-state index contributed by atoms with van der Waals surface area (Å²) in [5, 5.41) is 2.34. The van der Waals surface area contributed by atoms with Crippen molar-refractivity contribution in [2.45, 2.75) is 0 Å². The van der Waals surface area contributed by atoms with Gasteiger partial charge in [-0.15, -0.1) is 0 Å². The Morgan fingerprint density at radius 2 is 1.62 bits per heavy atom. The number of benzene rings is 3. The number of hydrogen-bond donors (Lipinski definition) is 0. The third kappa shape index (κ3) is 2.50. The Hall–Kier alpha value is -1.92. The first-order valence-corrected chi connectivity index (χ1v) is 9.81. The van der Waals surface area contributed by atoms with Crippen molar-refractivity contribution in [3.05, 3.63) is 75.9 Å². The molecule has 1 atom stereocenters. The summed E-state index contributed by atoms with van der Waals surface area (Å²) in [6.45, 7) is 0. The molecule has 4 heteroatoms. The van der Waals surface area contributed by atoms with Crippen molar-refractivity contribution in [1.29, 1.82) is 0 Å². The van der Waals surface area contributed by atoms with Gasteiger partial charge in [0.15, 0.2) is 14.3 Å². The van der Waals surface area contributed by atoms with Gasteiger partial charge in [0.2, 0.25) is 0 Å². The second-order valence-corrected chi connectivity index (χ2v) is 8.67. The average Bonchev–Trinajstić information content (AvgIpc) is 2.95. The number of hydrogen-bond acceptors (Lipinski definition) is 2. The Balaban J connectivity index is 2.08. The van der Waals surface area contributed by atoms with Crippen molar-refractivity contribution in [1.82, 2.24) is 0 Å². The SMILES string of the molecule is COC(=O)c1ccc2c(c1)c1ccccc1[s+]2-c1ccc(I)cc1. The lowest BCUT2D eigenvalue weighted by molar-refractivity contribution is 0.0601. The molecule has 0 amide bonds. The van der Waals surface area contributed by atoms with Gasteiger partial charge in [0.05, 0.1) is 12.7 Å². The van der Waals surface area contributed by atoms with Crippen LogP contribution in [0.1, 0.15) is 10.4 Å². The Kier molecular flexibility index (Phi) is 4.02. The Labute approximate surface area is 156 Å². The number of ether oxygens (including phenoxy) is 1. The largest absolute Gasteiger partial charge is 0.465 e. The maximum absolute atomic E-state index is 11.9. The molecule has 0 aliphatic rings. The fourth-order valence-corrected chi connectivity index (χ4v) is 5.69. The van der Waals surface area contributed by atoms with Gasteiger partial charge in [-0.3, -0.25) is 0 Å². The molecular weight excluding hydrogens is 431 g/mol. The number of fused-ring (bicyclic) bond motifs is 3. The van der Waals surface area contributed by atoms with Gasteiger partial charge in [-0.05, 0) is 77.2 Å². The van der Waals surface area contributed by atoms with Crippen LogP contribution in [0.2, 0.25) is 0 Å². The molecule has 3 aromatic carbocycles. The van der Waals surface area contributed by atoms with E-state index in [-0.39, 0.29) is 16.4 Å². The van der Waals surface area contributed by atoms with E-state index in [9.17, 15) is 4.79 Å². The molecular formula is C20H14IO2S+. The van der Waals surface area contributed by atoms with Gasteiger partial charge in [0.25, 0.3) is 0 Å². The minimum absolute atomic E-state index is 0.128. The number of thiophene rings is 1. The highest BCUT2D eigenvalue weighted by atomic mass is 127. The van der Waals surface area contributed by atoms with Crippen LogP contribution < -0.4 is 0 Å². The molecule has 0 saturated carbocycles. The lowest BCUT2D eigenvalue weighted by atomic mass is 10.1. The van der Waals surface area contributed by atoms with Crippen molar-refractivity contribution in [2.75, 3.05) is 7.11 Å². The molecule has 2 nitrogen and oxygen atoms in total. The van der Waals surface area contributed by atoms with Crippen LogP contribution in [0.15, 0.2) is 66.7 Å². The van der Waals surface area contributed by atoms with Crippen LogP contribution in [0.3, 0.4) is 0 Å². The van der Waals surface area contributed by atoms with Gasteiger partial charge in [0.1, 0.15) is 0 Å². The lowest BCUT2D eigenvalue weighted by Gasteiger charge is -1.98. The topological polar surface area (TPSA) is 26.3 Å². The Morgan fingerprint density at radius 3 is 2.38 bits per heavy atom. The zero-order chi connectivity index (χ0) is 16.7. The highest BCUT2D eigenvalue weighted by Gasteiger charge is 2.24. The second-order valence-electron chi connectivity index (χ2n) is 5.46. The van der Waals surface area contributed by atoms with E-state index in [0.717, 1.165) is 5.39 Å². The summed E-state index contributed by atoms with van der Waals surface area (Å²) in [5.41, 5.74) is 0.596. The van der Waals surface area contributed by atoms with Crippen molar-refractivity contribution < 1.29 is 9.53 Å². The zero-order valence-electron chi connectivity index (χ0n) is 13.0. The highest BCUT2D eigenvalue weighted by Crippen LogP contribution is 2.48. The number of carbonyl (C=O) groups excluding carboxylic acids is 1. The summed E-state index contributed by atoms with van der Waals surface area (Å²) in [5.74, 6) is -0.295. The molecule has 1 aromatic heterocycles. The molecule has 1 heterocycles. The molecule has 4 aromatic rings. The summed E-state index contributed by atoms with van der Waals surface area (Å²) >= 11 is 2.33. The van der Waals surface area contributed by atoms with Crippen molar-refractivity contribution in [2.24, 2.45) is 0 Å². The van der Waals surface area contributed by atoms with Gasteiger partial charge < -0.3 is 4.74 Å². The number of esters is 1. The minimum atomic E-state index is -0.295. The fourth-order valence-electron chi connectivity index (χ4n) is 2.97. The zero-order valence-corrected chi connectivity index (χ0v) is 15.9.